The molecule has 164 valence electrons. The van der Waals surface area contributed by atoms with Crippen molar-refractivity contribution >= 4 is 29.1 Å². The van der Waals surface area contributed by atoms with Crippen molar-refractivity contribution in [2.75, 3.05) is 44.2 Å². The maximum atomic E-state index is 13.2. The maximum absolute atomic E-state index is 13.2. The third-order valence-electron chi connectivity index (χ3n) is 6.12. The highest BCUT2D eigenvalue weighted by Crippen LogP contribution is 2.31. The first-order chi connectivity index (χ1) is 14.9. The van der Waals surface area contributed by atoms with Gasteiger partial charge in [0.2, 0.25) is 5.91 Å². The molecule has 2 aliphatic heterocycles. The van der Waals surface area contributed by atoms with Gasteiger partial charge in [-0.3, -0.25) is 19.4 Å². The van der Waals surface area contributed by atoms with Crippen molar-refractivity contribution in [3.05, 3.63) is 58.6 Å². The minimum absolute atomic E-state index is 0.0954. The molecule has 0 unspecified atom stereocenters. The van der Waals surface area contributed by atoms with Crippen molar-refractivity contribution in [1.82, 2.24) is 9.80 Å². The van der Waals surface area contributed by atoms with Crippen molar-refractivity contribution in [2.24, 2.45) is 0 Å². The molecule has 0 N–H and O–H groups in total. The molecular formula is C24H28ClN3O3. The van der Waals surface area contributed by atoms with Crippen LogP contribution in [0.5, 0.6) is 5.75 Å². The van der Waals surface area contributed by atoms with E-state index in [-0.39, 0.29) is 24.3 Å². The van der Waals surface area contributed by atoms with Crippen molar-refractivity contribution in [3.8, 4) is 5.75 Å². The SMILES string of the molecule is Cc1cccc(C)c1N1C(=O)C[C@@H](N2CCN(CCOc3ccc(Cl)cc3)CC2)C1=O. The molecule has 6 nitrogen and oxygen atoms in total. The normalized spacial score (nSPS) is 20.5. The molecule has 2 aliphatic rings. The number of piperazine rings is 1. The van der Waals surface area contributed by atoms with E-state index in [4.69, 9.17) is 16.3 Å². The zero-order chi connectivity index (χ0) is 22.0. The Balaban J connectivity index is 1.30. The average molecular weight is 442 g/mol. The molecule has 2 aromatic rings. The number of carbonyl (C=O) groups excluding carboxylic acids is 2. The van der Waals surface area contributed by atoms with E-state index in [0.717, 1.165) is 55.3 Å². The molecule has 0 spiro atoms. The van der Waals surface area contributed by atoms with Crippen LogP contribution in [-0.4, -0.2) is 67.0 Å². The summed E-state index contributed by atoms with van der Waals surface area (Å²) in [6.07, 6.45) is 0.256. The Bertz CT molecular complexity index is 935. The van der Waals surface area contributed by atoms with Gasteiger partial charge < -0.3 is 4.74 Å². The fourth-order valence-corrected chi connectivity index (χ4v) is 4.54. The second-order valence-corrected chi connectivity index (χ2v) is 8.64. The van der Waals surface area contributed by atoms with Crippen LogP contribution in [0.3, 0.4) is 0 Å². The van der Waals surface area contributed by atoms with Crippen molar-refractivity contribution in [3.63, 3.8) is 0 Å². The predicted molar refractivity (Wildman–Crippen MR) is 122 cm³/mol. The molecule has 2 heterocycles. The Labute approximate surface area is 188 Å². The van der Waals surface area contributed by atoms with Gasteiger partial charge in [-0.15, -0.1) is 0 Å². The molecule has 2 aromatic carbocycles. The summed E-state index contributed by atoms with van der Waals surface area (Å²) < 4.78 is 5.79. The van der Waals surface area contributed by atoms with Crippen LogP contribution < -0.4 is 9.64 Å². The highest BCUT2D eigenvalue weighted by Gasteiger charge is 2.44. The lowest BCUT2D eigenvalue weighted by Crippen LogP contribution is -2.53. The van der Waals surface area contributed by atoms with E-state index in [1.165, 1.54) is 4.90 Å². The highest BCUT2D eigenvalue weighted by molar-refractivity contribution is 6.30. The number of anilines is 1. The molecule has 0 saturated carbocycles. The Morgan fingerprint density at radius 3 is 2.26 bits per heavy atom. The second-order valence-electron chi connectivity index (χ2n) is 8.21. The topological polar surface area (TPSA) is 53.1 Å². The summed E-state index contributed by atoms with van der Waals surface area (Å²) in [5, 5.41) is 0.694. The highest BCUT2D eigenvalue weighted by atomic mass is 35.5. The number of halogens is 1. The van der Waals surface area contributed by atoms with Crippen LogP contribution in [0.25, 0.3) is 0 Å². The number of benzene rings is 2. The van der Waals surface area contributed by atoms with Gasteiger partial charge in [-0.2, -0.15) is 0 Å². The zero-order valence-electron chi connectivity index (χ0n) is 18.0. The largest absolute Gasteiger partial charge is 0.492 e. The summed E-state index contributed by atoms with van der Waals surface area (Å²) in [6.45, 7) is 8.56. The lowest BCUT2D eigenvalue weighted by atomic mass is 10.1. The summed E-state index contributed by atoms with van der Waals surface area (Å²) >= 11 is 5.90. The van der Waals surface area contributed by atoms with Crippen molar-refractivity contribution in [1.29, 1.82) is 0 Å². The summed E-state index contributed by atoms with van der Waals surface area (Å²) in [7, 11) is 0. The lowest BCUT2D eigenvalue weighted by molar-refractivity contribution is -0.123. The molecule has 4 rings (SSSR count). The van der Waals surface area contributed by atoms with Gasteiger partial charge in [-0.05, 0) is 49.2 Å². The van der Waals surface area contributed by atoms with Gasteiger partial charge >= 0.3 is 0 Å². The standard InChI is InChI=1S/C24H28ClN3O3/c1-17-4-3-5-18(2)23(17)28-22(29)16-21(24(28)30)27-12-10-26(11-13-27)14-15-31-20-8-6-19(25)7-9-20/h3-9,21H,10-16H2,1-2H3/t21-/m1/s1. The number of hydrogen-bond acceptors (Lipinski definition) is 5. The Morgan fingerprint density at radius 2 is 1.61 bits per heavy atom. The van der Waals surface area contributed by atoms with E-state index in [0.29, 0.717) is 11.6 Å². The molecule has 0 radical (unpaired) electrons. The van der Waals surface area contributed by atoms with Crippen LogP contribution in [0.2, 0.25) is 5.02 Å². The minimum Gasteiger partial charge on any atom is -0.492 e. The van der Waals surface area contributed by atoms with E-state index in [9.17, 15) is 9.59 Å². The number of para-hydroxylation sites is 1. The van der Waals surface area contributed by atoms with Crippen LogP contribution in [-0.2, 0) is 9.59 Å². The number of hydrogen-bond donors (Lipinski definition) is 0. The van der Waals surface area contributed by atoms with Gasteiger partial charge in [0.25, 0.3) is 5.91 Å². The first-order valence-corrected chi connectivity index (χ1v) is 11.1. The third-order valence-corrected chi connectivity index (χ3v) is 6.38. The van der Waals surface area contributed by atoms with Crippen molar-refractivity contribution in [2.45, 2.75) is 26.3 Å². The van der Waals surface area contributed by atoms with Gasteiger partial charge in [0.05, 0.1) is 18.2 Å². The van der Waals surface area contributed by atoms with Crippen molar-refractivity contribution < 1.29 is 14.3 Å². The van der Waals surface area contributed by atoms with Gasteiger partial charge in [-0.1, -0.05) is 29.8 Å². The molecule has 0 bridgehead atoms. The van der Waals surface area contributed by atoms with E-state index in [2.05, 4.69) is 9.80 Å². The van der Waals surface area contributed by atoms with Gasteiger partial charge in [0.15, 0.2) is 0 Å². The number of nitrogens with zero attached hydrogens (tertiary/aromatic N) is 3. The molecule has 2 amide bonds. The summed E-state index contributed by atoms with van der Waals surface area (Å²) in [5.41, 5.74) is 2.65. The second kappa shape index (κ2) is 9.39. The summed E-state index contributed by atoms with van der Waals surface area (Å²) in [4.78, 5) is 31.8. The Hall–Kier alpha value is -2.41. The van der Waals surface area contributed by atoms with Crippen LogP contribution in [0, 0.1) is 13.8 Å². The zero-order valence-corrected chi connectivity index (χ0v) is 18.8. The molecule has 2 fully saturated rings. The Morgan fingerprint density at radius 1 is 0.968 bits per heavy atom. The third kappa shape index (κ3) is 4.76. The van der Waals surface area contributed by atoms with Crippen LogP contribution in [0.4, 0.5) is 5.69 Å². The number of rotatable bonds is 6. The molecule has 31 heavy (non-hydrogen) atoms. The predicted octanol–water partition coefficient (Wildman–Crippen LogP) is 3.29. The van der Waals surface area contributed by atoms with E-state index >= 15 is 0 Å². The number of amides is 2. The fourth-order valence-electron chi connectivity index (χ4n) is 4.42. The van der Waals surface area contributed by atoms with E-state index in [1.54, 1.807) is 0 Å². The fraction of sp³-hybridized carbons (Fsp3) is 0.417. The monoisotopic (exact) mass is 441 g/mol. The molecule has 7 heteroatoms. The number of aryl methyl sites for hydroxylation is 2. The first-order valence-electron chi connectivity index (χ1n) is 10.7. The number of ether oxygens (including phenoxy) is 1. The quantitative estimate of drug-likeness (QED) is 0.644. The van der Waals surface area contributed by atoms with Crippen LogP contribution in [0.1, 0.15) is 17.5 Å². The smallest absolute Gasteiger partial charge is 0.251 e. The van der Waals surface area contributed by atoms with Crippen LogP contribution in [0.15, 0.2) is 42.5 Å². The summed E-state index contributed by atoms with van der Waals surface area (Å²) in [6, 6.07) is 12.8. The first kappa shape index (κ1) is 21.8. The average Bonchev–Trinajstić information content (AvgIpc) is 3.04. The number of carbonyl (C=O) groups is 2. The lowest BCUT2D eigenvalue weighted by Gasteiger charge is -2.37. The van der Waals surface area contributed by atoms with Gasteiger partial charge in [-0.25, -0.2) is 4.90 Å². The maximum Gasteiger partial charge on any atom is 0.251 e. The van der Waals surface area contributed by atoms with Crippen LogP contribution >= 0.6 is 11.6 Å². The van der Waals surface area contributed by atoms with Gasteiger partial charge in [0.1, 0.15) is 12.4 Å². The molecule has 1 atom stereocenters. The minimum atomic E-state index is -0.362. The molecular weight excluding hydrogens is 414 g/mol. The van der Waals surface area contributed by atoms with E-state index < -0.39 is 0 Å². The molecule has 2 saturated heterocycles. The molecule has 0 aromatic heterocycles. The van der Waals surface area contributed by atoms with Gasteiger partial charge in [0, 0.05) is 37.7 Å². The summed E-state index contributed by atoms with van der Waals surface area (Å²) in [5.74, 6) is 0.609. The van der Waals surface area contributed by atoms with E-state index in [1.807, 2.05) is 56.3 Å². The number of imide groups is 1. The molecule has 0 aliphatic carbocycles. The Kier molecular flexibility index (Phi) is 6.60.